The van der Waals surface area contributed by atoms with Gasteiger partial charge in [0, 0.05) is 6.54 Å². The van der Waals surface area contributed by atoms with Crippen LogP contribution in [0.15, 0.2) is 0 Å². The second-order valence-corrected chi connectivity index (χ2v) is 3.46. The van der Waals surface area contributed by atoms with Crippen molar-refractivity contribution >= 4 is 23.5 Å². The number of ether oxygens (including phenoxy) is 2. The molecule has 0 amide bonds. The van der Waals surface area contributed by atoms with E-state index in [0.29, 0.717) is 19.8 Å². The molecule has 18 heavy (non-hydrogen) atoms. The Morgan fingerprint density at radius 3 is 2.72 bits per heavy atom. The zero-order valence-corrected chi connectivity index (χ0v) is 11.0. The number of anilines is 1. The molecule has 1 aromatic heterocycles. The van der Waals surface area contributed by atoms with Gasteiger partial charge in [0.2, 0.25) is 11.2 Å². The number of aromatic nitrogens is 3. The van der Waals surface area contributed by atoms with Crippen LogP contribution in [-0.2, 0) is 9.53 Å². The minimum atomic E-state index is -0.282. The van der Waals surface area contributed by atoms with Gasteiger partial charge in [-0.25, -0.2) is 0 Å². The Hall–Kier alpha value is -1.63. The molecule has 0 aromatic carbocycles. The van der Waals surface area contributed by atoms with E-state index < -0.39 is 0 Å². The number of nitrogens with one attached hydrogen (secondary N) is 1. The van der Waals surface area contributed by atoms with Gasteiger partial charge in [0.25, 0.3) is 0 Å². The lowest BCUT2D eigenvalue weighted by Crippen LogP contribution is -2.13. The van der Waals surface area contributed by atoms with E-state index in [1.54, 1.807) is 6.92 Å². The first kappa shape index (κ1) is 14.4. The molecule has 8 heteroatoms. The second-order valence-electron chi connectivity index (χ2n) is 3.13. The van der Waals surface area contributed by atoms with E-state index in [1.165, 1.54) is 0 Å². The number of esters is 1. The molecule has 1 heterocycles. The summed E-state index contributed by atoms with van der Waals surface area (Å²) in [5.41, 5.74) is 0. The fourth-order valence-corrected chi connectivity index (χ4v) is 1.27. The first-order valence-electron chi connectivity index (χ1n) is 5.59. The van der Waals surface area contributed by atoms with Crippen molar-refractivity contribution in [3.63, 3.8) is 0 Å². The number of hydrogen-bond acceptors (Lipinski definition) is 7. The van der Waals surface area contributed by atoms with Crippen LogP contribution in [0.25, 0.3) is 0 Å². The van der Waals surface area contributed by atoms with Gasteiger partial charge < -0.3 is 14.8 Å². The molecule has 1 N–H and O–H groups in total. The van der Waals surface area contributed by atoms with Crippen molar-refractivity contribution in [3.05, 3.63) is 5.28 Å². The maximum Gasteiger partial charge on any atom is 0.322 e. The molecular formula is C10H15ClN4O3. The van der Waals surface area contributed by atoms with Crippen LogP contribution < -0.4 is 10.1 Å². The molecule has 0 spiro atoms. The minimum absolute atomic E-state index is 0.0343. The van der Waals surface area contributed by atoms with Crippen molar-refractivity contribution in [3.8, 4) is 6.01 Å². The molecule has 0 aliphatic heterocycles. The molecule has 1 aromatic rings. The third-order valence-corrected chi connectivity index (χ3v) is 1.95. The van der Waals surface area contributed by atoms with Crippen LogP contribution in [0.3, 0.4) is 0 Å². The van der Waals surface area contributed by atoms with E-state index in [2.05, 4.69) is 20.3 Å². The lowest BCUT2D eigenvalue weighted by Gasteiger charge is -2.06. The molecule has 1 rings (SSSR count). The summed E-state index contributed by atoms with van der Waals surface area (Å²) in [5, 5.41) is 2.88. The first-order valence-corrected chi connectivity index (χ1v) is 5.97. The summed E-state index contributed by atoms with van der Waals surface area (Å²) in [6.45, 7) is 4.72. The lowest BCUT2D eigenvalue weighted by atomic mass is 10.4. The predicted octanol–water partition coefficient (Wildman–Crippen LogP) is 1.29. The maximum absolute atomic E-state index is 11.1. The molecular weight excluding hydrogens is 260 g/mol. The van der Waals surface area contributed by atoms with E-state index in [4.69, 9.17) is 21.1 Å². The van der Waals surface area contributed by atoms with Crippen LogP contribution in [0.2, 0.25) is 5.28 Å². The van der Waals surface area contributed by atoms with E-state index in [9.17, 15) is 4.79 Å². The number of halogens is 1. The van der Waals surface area contributed by atoms with Crippen LogP contribution in [0, 0.1) is 0 Å². The van der Waals surface area contributed by atoms with Crippen molar-refractivity contribution in [1.29, 1.82) is 0 Å². The van der Waals surface area contributed by atoms with Gasteiger partial charge in [-0.3, -0.25) is 4.79 Å². The highest BCUT2D eigenvalue weighted by Crippen LogP contribution is 2.11. The van der Waals surface area contributed by atoms with Crippen LogP contribution in [0.1, 0.15) is 20.3 Å². The summed E-state index contributed by atoms with van der Waals surface area (Å²) in [6.07, 6.45) is 0.223. The highest BCUT2D eigenvalue weighted by atomic mass is 35.5. The molecule has 7 nitrogen and oxygen atoms in total. The van der Waals surface area contributed by atoms with E-state index >= 15 is 0 Å². The summed E-state index contributed by atoms with van der Waals surface area (Å²) in [7, 11) is 0. The van der Waals surface area contributed by atoms with Gasteiger partial charge in [0.1, 0.15) is 0 Å². The largest absolute Gasteiger partial charge is 0.466 e. The average Bonchev–Trinajstić information content (AvgIpc) is 2.29. The number of rotatable bonds is 7. The van der Waals surface area contributed by atoms with Gasteiger partial charge in [-0.2, -0.15) is 15.0 Å². The zero-order chi connectivity index (χ0) is 13.4. The standard InChI is InChI=1S/C10H15ClN4O3/c1-3-17-7(16)5-6-12-9-13-8(11)14-10(15-9)18-4-2/h3-6H2,1-2H3,(H,12,13,14,15). The Morgan fingerprint density at radius 1 is 1.28 bits per heavy atom. The van der Waals surface area contributed by atoms with Gasteiger partial charge >= 0.3 is 12.0 Å². The molecule has 0 bridgehead atoms. The second kappa shape index (κ2) is 7.65. The number of carbonyl (C=O) groups is 1. The summed E-state index contributed by atoms with van der Waals surface area (Å²) >= 11 is 5.70. The van der Waals surface area contributed by atoms with Gasteiger partial charge in [0.15, 0.2) is 0 Å². The van der Waals surface area contributed by atoms with E-state index in [-0.39, 0.29) is 29.6 Å². The normalized spacial score (nSPS) is 9.94. The van der Waals surface area contributed by atoms with Crippen molar-refractivity contribution < 1.29 is 14.3 Å². The minimum Gasteiger partial charge on any atom is -0.466 e. The molecule has 0 aliphatic rings. The molecule has 0 saturated carbocycles. The molecule has 0 radical (unpaired) electrons. The molecule has 0 unspecified atom stereocenters. The van der Waals surface area contributed by atoms with Crippen LogP contribution in [0.4, 0.5) is 5.95 Å². The number of hydrogen-bond donors (Lipinski definition) is 1. The molecule has 100 valence electrons. The fourth-order valence-electron chi connectivity index (χ4n) is 1.11. The van der Waals surface area contributed by atoms with Gasteiger partial charge in [0.05, 0.1) is 19.6 Å². The maximum atomic E-state index is 11.1. The first-order chi connectivity index (χ1) is 8.65. The Kier molecular flexibility index (Phi) is 6.13. The zero-order valence-electron chi connectivity index (χ0n) is 10.3. The molecule has 0 fully saturated rings. The molecule has 0 saturated heterocycles. The Labute approximate surface area is 110 Å². The average molecular weight is 275 g/mol. The summed E-state index contributed by atoms with van der Waals surface area (Å²) in [4.78, 5) is 22.7. The lowest BCUT2D eigenvalue weighted by molar-refractivity contribution is -0.142. The Bertz CT molecular complexity index is 403. The topological polar surface area (TPSA) is 86.2 Å². The fraction of sp³-hybridized carbons (Fsp3) is 0.600. The highest BCUT2D eigenvalue weighted by molar-refractivity contribution is 6.28. The van der Waals surface area contributed by atoms with Crippen molar-refractivity contribution in [2.75, 3.05) is 25.1 Å². The van der Waals surface area contributed by atoms with Gasteiger partial charge in [-0.05, 0) is 25.4 Å². The van der Waals surface area contributed by atoms with Crippen molar-refractivity contribution in [1.82, 2.24) is 15.0 Å². The molecule has 0 aliphatic carbocycles. The number of carbonyl (C=O) groups excluding carboxylic acids is 1. The van der Waals surface area contributed by atoms with E-state index in [0.717, 1.165) is 0 Å². The van der Waals surface area contributed by atoms with Crippen LogP contribution in [0.5, 0.6) is 6.01 Å². The van der Waals surface area contributed by atoms with Gasteiger partial charge in [-0.1, -0.05) is 0 Å². The smallest absolute Gasteiger partial charge is 0.322 e. The SMILES string of the molecule is CCOC(=O)CCNc1nc(Cl)nc(OCC)n1. The predicted molar refractivity (Wildman–Crippen MR) is 65.7 cm³/mol. The van der Waals surface area contributed by atoms with Crippen LogP contribution >= 0.6 is 11.6 Å². The van der Waals surface area contributed by atoms with E-state index in [1.807, 2.05) is 6.92 Å². The van der Waals surface area contributed by atoms with Crippen molar-refractivity contribution in [2.45, 2.75) is 20.3 Å². The third-order valence-electron chi connectivity index (χ3n) is 1.78. The highest BCUT2D eigenvalue weighted by Gasteiger charge is 2.06. The van der Waals surface area contributed by atoms with Crippen LogP contribution in [-0.4, -0.2) is 40.7 Å². The Balaban J connectivity index is 2.48. The van der Waals surface area contributed by atoms with Crippen molar-refractivity contribution in [2.24, 2.45) is 0 Å². The third kappa shape index (κ3) is 5.13. The number of nitrogens with zero attached hydrogens (tertiary/aromatic N) is 3. The molecule has 0 atom stereocenters. The monoisotopic (exact) mass is 274 g/mol. The quantitative estimate of drug-likeness (QED) is 0.750. The Morgan fingerprint density at radius 2 is 2.06 bits per heavy atom. The summed E-state index contributed by atoms with van der Waals surface area (Å²) < 4.78 is 9.90. The summed E-state index contributed by atoms with van der Waals surface area (Å²) in [6, 6.07) is 0.149. The summed E-state index contributed by atoms with van der Waals surface area (Å²) in [5.74, 6) is -0.0158. The van der Waals surface area contributed by atoms with Gasteiger partial charge in [-0.15, -0.1) is 0 Å².